The first kappa shape index (κ1) is 23.3. The third-order valence-electron chi connectivity index (χ3n) is 5.80. The van der Waals surface area contributed by atoms with Crippen molar-refractivity contribution in [1.29, 1.82) is 0 Å². The van der Waals surface area contributed by atoms with E-state index in [0.29, 0.717) is 12.1 Å². The lowest BCUT2D eigenvalue weighted by atomic mass is 9.89. The number of anilines is 1. The summed E-state index contributed by atoms with van der Waals surface area (Å²) in [7, 11) is -3.53. The number of carbonyl (C=O) groups excluding carboxylic acids is 1. The van der Waals surface area contributed by atoms with Gasteiger partial charge in [0.25, 0.3) is 0 Å². The van der Waals surface area contributed by atoms with Gasteiger partial charge in [0, 0.05) is 13.0 Å². The summed E-state index contributed by atoms with van der Waals surface area (Å²) in [6.07, 6.45) is 7.16. The molecule has 0 unspecified atom stereocenters. The first-order chi connectivity index (χ1) is 14.8. The molecule has 0 saturated heterocycles. The fourth-order valence-electron chi connectivity index (χ4n) is 4.13. The summed E-state index contributed by atoms with van der Waals surface area (Å²) in [6, 6.07) is 11.8. The number of halogens is 1. The summed E-state index contributed by atoms with van der Waals surface area (Å²) >= 11 is 0. The van der Waals surface area contributed by atoms with E-state index in [1.54, 1.807) is 0 Å². The number of amides is 1. The normalized spacial score (nSPS) is 14.5. The third kappa shape index (κ3) is 6.29. The largest absolute Gasteiger partial charge is 0.349 e. The summed E-state index contributed by atoms with van der Waals surface area (Å²) in [4.78, 5) is 12.6. The Hall–Kier alpha value is -2.41. The summed E-state index contributed by atoms with van der Waals surface area (Å²) < 4.78 is 38.7. The van der Waals surface area contributed by atoms with Crippen LogP contribution in [0.1, 0.15) is 61.8 Å². The molecule has 0 radical (unpaired) electrons. The van der Waals surface area contributed by atoms with E-state index >= 15 is 0 Å². The second-order valence-corrected chi connectivity index (χ2v) is 10.1. The topological polar surface area (TPSA) is 66.5 Å². The van der Waals surface area contributed by atoms with Crippen LogP contribution in [-0.2, 0) is 27.7 Å². The van der Waals surface area contributed by atoms with E-state index in [9.17, 15) is 17.6 Å². The smallest absolute Gasteiger partial charge is 0.232 e. The molecule has 1 atom stereocenters. The molecule has 0 aromatic heterocycles. The highest BCUT2D eigenvalue weighted by Gasteiger charge is 2.19. The van der Waals surface area contributed by atoms with Crippen molar-refractivity contribution in [1.82, 2.24) is 5.32 Å². The molecule has 31 heavy (non-hydrogen) atoms. The standard InChI is InChI=1S/C24H31FN2O3S/c1-3-23(20-11-10-18-7-4-5-8-19(18)17-20)26-24(28)9-6-16-27(31(2,29)30)22-14-12-21(25)13-15-22/h10-15,17,23H,3-9,16H2,1-2H3,(H,26,28)/t23-/m0/s1. The first-order valence-electron chi connectivity index (χ1n) is 10.9. The second-order valence-electron chi connectivity index (χ2n) is 8.18. The van der Waals surface area contributed by atoms with Crippen LogP contribution in [-0.4, -0.2) is 27.1 Å². The van der Waals surface area contributed by atoms with Gasteiger partial charge in [-0.3, -0.25) is 9.10 Å². The molecule has 168 valence electrons. The first-order valence-corrected chi connectivity index (χ1v) is 12.8. The zero-order chi connectivity index (χ0) is 22.4. The summed E-state index contributed by atoms with van der Waals surface area (Å²) in [5.74, 6) is -0.526. The molecule has 1 aliphatic rings. The van der Waals surface area contributed by atoms with Gasteiger partial charge in [-0.2, -0.15) is 0 Å². The number of hydrogen-bond donors (Lipinski definition) is 1. The van der Waals surface area contributed by atoms with Crippen molar-refractivity contribution in [2.75, 3.05) is 17.1 Å². The molecule has 1 amide bonds. The average Bonchev–Trinajstić information content (AvgIpc) is 2.75. The maximum Gasteiger partial charge on any atom is 0.232 e. The molecule has 2 aromatic rings. The van der Waals surface area contributed by atoms with E-state index < -0.39 is 15.8 Å². The average molecular weight is 447 g/mol. The minimum absolute atomic E-state index is 0.0529. The number of nitrogens with one attached hydrogen (secondary N) is 1. The van der Waals surface area contributed by atoms with Gasteiger partial charge in [0.2, 0.25) is 15.9 Å². The van der Waals surface area contributed by atoms with Gasteiger partial charge in [0.1, 0.15) is 5.82 Å². The molecule has 0 spiro atoms. The Bertz CT molecular complexity index is 1010. The van der Waals surface area contributed by atoms with Gasteiger partial charge < -0.3 is 5.32 Å². The predicted octanol–water partition coefficient (Wildman–Crippen LogP) is 4.52. The lowest BCUT2D eigenvalue weighted by molar-refractivity contribution is -0.121. The fraction of sp³-hybridized carbons (Fsp3) is 0.458. The number of nitrogens with zero attached hydrogens (tertiary/aromatic N) is 1. The maximum atomic E-state index is 13.2. The molecule has 0 aliphatic heterocycles. The summed E-state index contributed by atoms with van der Waals surface area (Å²) in [5, 5.41) is 3.09. The van der Waals surface area contributed by atoms with Crippen molar-refractivity contribution in [3.8, 4) is 0 Å². The summed E-state index contributed by atoms with van der Waals surface area (Å²) in [5.41, 5.74) is 4.32. The molecule has 0 fully saturated rings. The van der Waals surface area contributed by atoms with Gasteiger partial charge in [0.15, 0.2) is 0 Å². The van der Waals surface area contributed by atoms with Crippen molar-refractivity contribution < 1.29 is 17.6 Å². The number of carbonyl (C=O) groups is 1. The van der Waals surface area contributed by atoms with Crippen LogP contribution in [0.3, 0.4) is 0 Å². The Labute approximate surface area is 184 Å². The molecule has 1 aliphatic carbocycles. The van der Waals surface area contributed by atoms with E-state index in [-0.39, 0.29) is 24.9 Å². The molecule has 0 heterocycles. The van der Waals surface area contributed by atoms with Gasteiger partial charge in [-0.05, 0) is 79.5 Å². The number of fused-ring (bicyclic) bond motifs is 1. The Morgan fingerprint density at radius 3 is 2.42 bits per heavy atom. The highest BCUT2D eigenvalue weighted by Crippen LogP contribution is 2.26. The Kier molecular flexibility index (Phi) is 7.70. The molecule has 7 heteroatoms. The van der Waals surface area contributed by atoms with Gasteiger partial charge in [-0.25, -0.2) is 12.8 Å². The van der Waals surface area contributed by atoms with E-state index in [0.717, 1.165) is 31.1 Å². The van der Waals surface area contributed by atoms with Crippen molar-refractivity contribution >= 4 is 21.6 Å². The minimum atomic E-state index is -3.53. The second kappa shape index (κ2) is 10.3. The third-order valence-corrected chi connectivity index (χ3v) is 6.99. The Morgan fingerprint density at radius 1 is 1.10 bits per heavy atom. The van der Waals surface area contributed by atoms with Crippen LogP contribution in [0.2, 0.25) is 0 Å². The minimum Gasteiger partial charge on any atom is -0.349 e. The van der Waals surface area contributed by atoms with E-state index in [2.05, 4.69) is 23.5 Å². The van der Waals surface area contributed by atoms with E-state index in [1.807, 2.05) is 6.92 Å². The van der Waals surface area contributed by atoms with Gasteiger partial charge >= 0.3 is 0 Å². The van der Waals surface area contributed by atoms with Crippen LogP contribution in [0.4, 0.5) is 10.1 Å². The Balaban J connectivity index is 1.58. The van der Waals surface area contributed by atoms with E-state index in [4.69, 9.17) is 0 Å². The van der Waals surface area contributed by atoms with E-state index in [1.165, 1.54) is 52.5 Å². The molecule has 5 nitrogen and oxygen atoms in total. The van der Waals surface area contributed by atoms with Crippen LogP contribution in [0.15, 0.2) is 42.5 Å². The zero-order valence-electron chi connectivity index (χ0n) is 18.2. The number of aryl methyl sites for hydroxylation is 2. The SMILES string of the molecule is CC[C@H](NC(=O)CCCN(c1ccc(F)cc1)S(C)(=O)=O)c1ccc2c(c1)CCCC2. The van der Waals surface area contributed by atoms with Crippen LogP contribution in [0, 0.1) is 5.82 Å². The molecular weight excluding hydrogens is 415 g/mol. The maximum absolute atomic E-state index is 13.2. The lowest BCUT2D eigenvalue weighted by Crippen LogP contribution is -2.33. The molecular formula is C24H31FN2O3S. The molecule has 3 rings (SSSR count). The van der Waals surface area contributed by atoms with Crippen LogP contribution in [0.5, 0.6) is 0 Å². The van der Waals surface area contributed by atoms with Crippen LogP contribution >= 0.6 is 0 Å². The summed E-state index contributed by atoms with van der Waals surface area (Å²) in [6.45, 7) is 2.21. The molecule has 1 N–H and O–H groups in total. The number of sulfonamides is 1. The lowest BCUT2D eigenvalue weighted by Gasteiger charge is -2.23. The molecule has 0 saturated carbocycles. The van der Waals surface area contributed by atoms with Gasteiger partial charge in [-0.15, -0.1) is 0 Å². The number of hydrogen-bond acceptors (Lipinski definition) is 3. The van der Waals surface area contributed by atoms with Crippen LogP contribution < -0.4 is 9.62 Å². The van der Waals surface area contributed by atoms with Crippen molar-refractivity contribution in [2.45, 2.75) is 57.9 Å². The quantitative estimate of drug-likeness (QED) is 0.616. The number of benzene rings is 2. The van der Waals surface area contributed by atoms with Crippen LogP contribution in [0.25, 0.3) is 0 Å². The van der Waals surface area contributed by atoms with Crippen molar-refractivity contribution in [3.63, 3.8) is 0 Å². The predicted molar refractivity (Wildman–Crippen MR) is 122 cm³/mol. The van der Waals surface area contributed by atoms with Gasteiger partial charge in [0.05, 0.1) is 18.0 Å². The number of rotatable bonds is 9. The fourth-order valence-corrected chi connectivity index (χ4v) is 5.10. The Morgan fingerprint density at radius 2 is 1.77 bits per heavy atom. The van der Waals surface area contributed by atoms with Crippen molar-refractivity contribution in [2.24, 2.45) is 0 Å². The van der Waals surface area contributed by atoms with Gasteiger partial charge in [-0.1, -0.05) is 25.1 Å². The zero-order valence-corrected chi connectivity index (χ0v) is 19.1. The molecule has 0 bridgehead atoms. The van der Waals surface area contributed by atoms with Crippen molar-refractivity contribution in [3.05, 3.63) is 65.0 Å². The molecule has 2 aromatic carbocycles. The highest BCUT2D eigenvalue weighted by atomic mass is 32.2. The highest BCUT2D eigenvalue weighted by molar-refractivity contribution is 7.92. The monoisotopic (exact) mass is 446 g/mol.